The zero-order valence-electron chi connectivity index (χ0n) is 12.1. The summed E-state index contributed by atoms with van der Waals surface area (Å²) in [5.41, 5.74) is 6.11. The maximum Gasteiger partial charge on any atom is 0.451 e. The molecule has 112 valence electrons. The van der Waals surface area contributed by atoms with Crippen LogP contribution in [-0.2, 0) is 4.74 Å². The summed E-state index contributed by atoms with van der Waals surface area (Å²) in [6, 6.07) is 0.793. The Morgan fingerprint density at radius 1 is 1.37 bits per heavy atom. The van der Waals surface area contributed by atoms with Gasteiger partial charge in [0.1, 0.15) is 0 Å². The molecule has 0 unspecified atom stereocenters. The second-order valence-electron chi connectivity index (χ2n) is 5.60. The minimum atomic E-state index is -1.17. The summed E-state index contributed by atoms with van der Waals surface area (Å²) >= 11 is 0. The summed E-state index contributed by atoms with van der Waals surface area (Å²) in [6.45, 7) is 3.04. The fourth-order valence-corrected chi connectivity index (χ4v) is 2.78. The third kappa shape index (κ3) is 7.27. The van der Waals surface area contributed by atoms with Gasteiger partial charge in [-0.25, -0.2) is 0 Å². The molecule has 4 N–H and O–H groups in total. The molecule has 0 spiro atoms. The summed E-state index contributed by atoms with van der Waals surface area (Å²) in [5.74, 6) is 0. The zero-order valence-corrected chi connectivity index (χ0v) is 12.1. The van der Waals surface area contributed by atoms with Gasteiger partial charge < -0.3 is 20.5 Å². The molecule has 0 amide bonds. The van der Waals surface area contributed by atoms with Crippen LogP contribution in [0.4, 0.5) is 0 Å². The average molecular weight is 272 g/mol. The van der Waals surface area contributed by atoms with Gasteiger partial charge in [0.05, 0.1) is 6.61 Å². The Kier molecular flexibility index (Phi) is 8.65. The van der Waals surface area contributed by atoms with E-state index in [4.69, 9.17) is 20.5 Å². The molecule has 1 saturated heterocycles. The second kappa shape index (κ2) is 9.72. The molecule has 6 heteroatoms. The first-order chi connectivity index (χ1) is 9.13. The number of nitrogens with two attached hydrogens (primary N) is 1. The summed E-state index contributed by atoms with van der Waals surface area (Å²) in [7, 11) is 0.591. The van der Waals surface area contributed by atoms with Crippen LogP contribution in [-0.4, -0.2) is 61.0 Å². The van der Waals surface area contributed by atoms with Crippen molar-refractivity contribution in [1.29, 1.82) is 0 Å². The van der Waals surface area contributed by atoms with Crippen LogP contribution in [0.1, 0.15) is 38.5 Å². The van der Waals surface area contributed by atoms with Gasteiger partial charge in [0.25, 0.3) is 0 Å². The standard InChI is InChI=1S/C13H29BN2O3/c1-19-11-13-6-4-9-16(13)10-7-12(15)5-2-3-8-14(17)18/h12-13,17-18H,2-11,15H2,1H3/t12-,13-/m0/s1. The van der Waals surface area contributed by atoms with E-state index in [9.17, 15) is 0 Å². The number of likely N-dealkylation sites (tertiary alicyclic amines) is 1. The monoisotopic (exact) mass is 272 g/mol. The highest BCUT2D eigenvalue weighted by atomic mass is 16.5. The van der Waals surface area contributed by atoms with Gasteiger partial charge in [0, 0.05) is 19.2 Å². The Morgan fingerprint density at radius 3 is 2.84 bits per heavy atom. The van der Waals surface area contributed by atoms with Gasteiger partial charge in [0.15, 0.2) is 0 Å². The van der Waals surface area contributed by atoms with Crippen molar-refractivity contribution in [2.24, 2.45) is 5.73 Å². The van der Waals surface area contributed by atoms with E-state index >= 15 is 0 Å². The van der Waals surface area contributed by atoms with Crippen molar-refractivity contribution >= 4 is 7.12 Å². The fraction of sp³-hybridized carbons (Fsp3) is 1.00. The quantitative estimate of drug-likeness (QED) is 0.398. The number of ether oxygens (including phenoxy) is 1. The van der Waals surface area contributed by atoms with Gasteiger partial charge in [-0.1, -0.05) is 12.8 Å². The molecule has 0 aromatic rings. The molecule has 0 aromatic carbocycles. The number of hydrogen-bond acceptors (Lipinski definition) is 5. The smallest absolute Gasteiger partial charge is 0.427 e. The predicted octanol–water partition coefficient (Wildman–Crippen LogP) is 0.458. The third-order valence-electron chi connectivity index (χ3n) is 3.93. The maximum atomic E-state index is 8.75. The third-order valence-corrected chi connectivity index (χ3v) is 3.93. The first-order valence-corrected chi connectivity index (χ1v) is 7.48. The van der Waals surface area contributed by atoms with E-state index in [0.29, 0.717) is 12.4 Å². The highest BCUT2D eigenvalue weighted by molar-refractivity contribution is 6.40. The number of methoxy groups -OCH3 is 1. The molecular formula is C13H29BN2O3. The van der Waals surface area contributed by atoms with Gasteiger partial charge in [-0.05, 0) is 45.1 Å². The zero-order chi connectivity index (χ0) is 14.1. The SMILES string of the molecule is COC[C@@H]1CCCN1CC[C@@H](N)CCCCB(O)O. The maximum absolute atomic E-state index is 8.75. The lowest BCUT2D eigenvalue weighted by atomic mass is 9.83. The van der Waals surface area contributed by atoms with Crippen molar-refractivity contribution < 1.29 is 14.8 Å². The van der Waals surface area contributed by atoms with E-state index in [2.05, 4.69) is 4.90 Å². The molecule has 0 saturated carbocycles. The van der Waals surface area contributed by atoms with Crippen molar-refractivity contribution in [2.45, 2.75) is 56.9 Å². The van der Waals surface area contributed by atoms with Crippen LogP contribution in [0, 0.1) is 0 Å². The first kappa shape index (κ1) is 16.9. The Morgan fingerprint density at radius 2 is 2.16 bits per heavy atom. The largest absolute Gasteiger partial charge is 0.451 e. The number of hydrogen-bond donors (Lipinski definition) is 3. The van der Waals surface area contributed by atoms with Crippen molar-refractivity contribution in [3.63, 3.8) is 0 Å². The Balaban J connectivity index is 2.07. The van der Waals surface area contributed by atoms with Crippen LogP contribution in [0.3, 0.4) is 0 Å². The molecule has 1 aliphatic heterocycles. The van der Waals surface area contributed by atoms with Crippen LogP contribution in [0.25, 0.3) is 0 Å². The van der Waals surface area contributed by atoms with E-state index in [0.717, 1.165) is 45.4 Å². The summed E-state index contributed by atoms with van der Waals surface area (Å²) in [6.07, 6.45) is 6.74. The van der Waals surface area contributed by atoms with Crippen LogP contribution < -0.4 is 5.73 Å². The fourth-order valence-electron chi connectivity index (χ4n) is 2.78. The lowest BCUT2D eigenvalue weighted by Crippen LogP contribution is -2.36. The highest BCUT2D eigenvalue weighted by Crippen LogP contribution is 2.18. The molecule has 5 nitrogen and oxygen atoms in total. The van der Waals surface area contributed by atoms with E-state index in [-0.39, 0.29) is 6.04 Å². The summed E-state index contributed by atoms with van der Waals surface area (Å²) < 4.78 is 5.24. The lowest BCUT2D eigenvalue weighted by molar-refractivity contribution is 0.113. The Labute approximate surface area is 117 Å². The molecule has 0 radical (unpaired) electrons. The van der Waals surface area contributed by atoms with Crippen molar-refractivity contribution in [1.82, 2.24) is 4.90 Å². The molecule has 0 bridgehead atoms. The minimum absolute atomic E-state index is 0.222. The molecule has 1 rings (SSSR count). The first-order valence-electron chi connectivity index (χ1n) is 7.48. The molecular weight excluding hydrogens is 243 g/mol. The molecule has 2 atom stereocenters. The molecule has 0 aliphatic carbocycles. The molecule has 1 fully saturated rings. The lowest BCUT2D eigenvalue weighted by Gasteiger charge is -2.25. The van der Waals surface area contributed by atoms with Crippen LogP contribution in [0.15, 0.2) is 0 Å². The molecule has 1 heterocycles. The number of unbranched alkanes of at least 4 members (excludes halogenated alkanes) is 1. The topological polar surface area (TPSA) is 79.0 Å². The average Bonchev–Trinajstić information content (AvgIpc) is 2.80. The van der Waals surface area contributed by atoms with E-state index < -0.39 is 7.12 Å². The van der Waals surface area contributed by atoms with Gasteiger partial charge in [-0.15, -0.1) is 0 Å². The number of nitrogens with zero attached hydrogens (tertiary/aromatic N) is 1. The Bertz CT molecular complexity index is 232. The Hall–Kier alpha value is -0.135. The van der Waals surface area contributed by atoms with E-state index in [1.165, 1.54) is 12.8 Å². The molecule has 1 aliphatic rings. The summed E-state index contributed by atoms with van der Waals surface area (Å²) in [4.78, 5) is 2.49. The predicted molar refractivity (Wildman–Crippen MR) is 77.9 cm³/mol. The second-order valence-corrected chi connectivity index (χ2v) is 5.60. The van der Waals surface area contributed by atoms with E-state index in [1.54, 1.807) is 7.11 Å². The highest BCUT2D eigenvalue weighted by Gasteiger charge is 2.24. The van der Waals surface area contributed by atoms with Crippen LogP contribution in [0.2, 0.25) is 6.32 Å². The minimum Gasteiger partial charge on any atom is -0.427 e. The number of rotatable bonds is 10. The van der Waals surface area contributed by atoms with Gasteiger partial charge >= 0.3 is 7.12 Å². The van der Waals surface area contributed by atoms with Gasteiger partial charge in [-0.3, -0.25) is 4.90 Å². The summed E-state index contributed by atoms with van der Waals surface area (Å²) in [5, 5.41) is 17.5. The van der Waals surface area contributed by atoms with Crippen LogP contribution in [0.5, 0.6) is 0 Å². The molecule has 0 aromatic heterocycles. The van der Waals surface area contributed by atoms with Gasteiger partial charge in [-0.2, -0.15) is 0 Å². The van der Waals surface area contributed by atoms with Crippen molar-refractivity contribution in [3.8, 4) is 0 Å². The van der Waals surface area contributed by atoms with Crippen molar-refractivity contribution in [2.75, 3.05) is 26.8 Å². The van der Waals surface area contributed by atoms with Crippen molar-refractivity contribution in [3.05, 3.63) is 0 Å². The molecule has 19 heavy (non-hydrogen) atoms. The van der Waals surface area contributed by atoms with Crippen LogP contribution >= 0.6 is 0 Å². The van der Waals surface area contributed by atoms with E-state index in [1.807, 2.05) is 0 Å². The normalized spacial score (nSPS) is 21.8. The van der Waals surface area contributed by atoms with Gasteiger partial charge in [0.2, 0.25) is 0 Å².